The van der Waals surface area contributed by atoms with E-state index in [1.165, 1.54) is 12.1 Å². The summed E-state index contributed by atoms with van der Waals surface area (Å²) in [6, 6.07) is 2.73. The molecule has 2 aromatic rings. The topological polar surface area (TPSA) is 68.0 Å². The monoisotopic (exact) mass is 271 g/mol. The van der Waals surface area contributed by atoms with Gasteiger partial charge in [0.15, 0.2) is 5.82 Å². The maximum atomic E-state index is 12.5. The lowest BCUT2D eigenvalue weighted by molar-refractivity contribution is -0.137. The number of aromatic carboxylic acids is 1. The summed E-state index contributed by atoms with van der Waals surface area (Å²) in [5.41, 5.74) is -0.710. The number of rotatable bonds is 2. The molecule has 0 unspecified atom stereocenters. The van der Waals surface area contributed by atoms with Crippen molar-refractivity contribution in [3.63, 3.8) is 0 Å². The van der Waals surface area contributed by atoms with Crippen LogP contribution in [0.1, 0.15) is 21.6 Å². The zero-order chi connectivity index (χ0) is 14.2. The molecular formula is C11H8F3N3O2. The van der Waals surface area contributed by atoms with E-state index >= 15 is 0 Å². The Labute approximate surface area is 105 Å². The number of carbonyl (C=O) groups is 1. The van der Waals surface area contributed by atoms with E-state index in [9.17, 15) is 18.0 Å². The molecule has 0 aliphatic carbocycles. The second kappa shape index (κ2) is 4.38. The largest absolute Gasteiger partial charge is 0.478 e. The SMILES string of the molecule is Cc1ccc(C(=O)O)c(-n2cc(C(F)(F)F)cn2)n1. The van der Waals surface area contributed by atoms with Gasteiger partial charge in [0, 0.05) is 11.9 Å². The number of carboxylic acids is 1. The summed E-state index contributed by atoms with van der Waals surface area (Å²) in [6.07, 6.45) is -3.21. The van der Waals surface area contributed by atoms with Crippen LogP contribution in [-0.2, 0) is 6.18 Å². The van der Waals surface area contributed by atoms with Gasteiger partial charge in [-0.3, -0.25) is 0 Å². The van der Waals surface area contributed by atoms with E-state index in [0.29, 0.717) is 18.1 Å². The molecule has 5 nitrogen and oxygen atoms in total. The van der Waals surface area contributed by atoms with E-state index in [2.05, 4.69) is 10.1 Å². The Hall–Kier alpha value is -2.38. The van der Waals surface area contributed by atoms with Crippen LogP contribution in [0.2, 0.25) is 0 Å². The number of aromatic nitrogens is 3. The lowest BCUT2D eigenvalue weighted by Gasteiger charge is -2.06. The number of hydrogen-bond acceptors (Lipinski definition) is 3. The molecule has 0 saturated carbocycles. The summed E-state index contributed by atoms with van der Waals surface area (Å²) in [4.78, 5) is 14.9. The van der Waals surface area contributed by atoms with Crippen molar-refractivity contribution in [2.45, 2.75) is 13.1 Å². The third kappa shape index (κ3) is 2.56. The Morgan fingerprint density at radius 1 is 1.37 bits per heavy atom. The molecule has 0 fully saturated rings. The molecule has 0 radical (unpaired) electrons. The molecule has 0 atom stereocenters. The highest BCUT2D eigenvalue weighted by Gasteiger charge is 2.32. The van der Waals surface area contributed by atoms with E-state index in [1.807, 2.05) is 0 Å². The fourth-order valence-electron chi connectivity index (χ4n) is 1.47. The van der Waals surface area contributed by atoms with Crippen LogP contribution in [0.25, 0.3) is 5.82 Å². The van der Waals surface area contributed by atoms with Crippen LogP contribution in [0.4, 0.5) is 13.2 Å². The minimum atomic E-state index is -4.54. The smallest absolute Gasteiger partial charge is 0.419 e. The standard InChI is InChI=1S/C11H8F3N3O2/c1-6-2-3-8(10(18)19)9(16-6)17-5-7(4-15-17)11(12,13)14/h2-5H,1H3,(H,18,19). The first kappa shape index (κ1) is 13.1. The second-order valence-corrected chi connectivity index (χ2v) is 3.80. The minimum absolute atomic E-state index is 0.150. The second-order valence-electron chi connectivity index (χ2n) is 3.80. The lowest BCUT2D eigenvalue weighted by atomic mass is 10.2. The van der Waals surface area contributed by atoms with Crippen LogP contribution in [0.15, 0.2) is 24.5 Å². The summed E-state index contributed by atoms with van der Waals surface area (Å²) in [7, 11) is 0. The number of alkyl halides is 3. The van der Waals surface area contributed by atoms with E-state index in [0.717, 1.165) is 4.68 Å². The quantitative estimate of drug-likeness (QED) is 0.909. The van der Waals surface area contributed by atoms with Crippen LogP contribution in [-0.4, -0.2) is 25.8 Å². The lowest BCUT2D eigenvalue weighted by Crippen LogP contribution is -2.09. The van der Waals surface area contributed by atoms with Gasteiger partial charge in [-0.1, -0.05) is 0 Å². The normalized spacial score (nSPS) is 11.6. The first-order valence-electron chi connectivity index (χ1n) is 5.12. The van der Waals surface area contributed by atoms with Gasteiger partial charge in [0.25, 0.3) is 0 Å². The van der Waals surface area contributed by atoms with Gasteiger partial charge in [-0.05, 0) is 19.1 Å². The fourth-order valence-corrected chi connectivity index (χ4v) is 1.47. The third-order valence-corrected chi connectivity index (χ3v) is 2.37. The predicted octanol–water partition coefficient (Wildman–Crippen LogP) is 2.29. The Kier molecular flexibility index (Phi) is 3.01. The highest BCUT2D eigenvalue weighted by molar-refractivity contribution is 5.91. The van der Waals surface area contributed by atoms with E-state index in [1.54, 1.807) is 6.92 Å². The van der Waals surface area contributed by atoms with Crippen molar-refractivity contribution < 1.29 is 23.1 Å². The molecule has 1 N–H and O–H groups in total. The predicted molar refractivity (Wildman–Crippen MR) is 58.1 cm³/mol. The maximum absolute atomic E-state index is 12.5. The van der Waals surface area contributed by atoms with Gasteiger partial charge in [-0.2, -0.15) is 18.3 Å². The summed E-state index contributed by atoms with van der Waals surface area (Å²) in [6.45, 7) is 1.60. The van der Waals surface area contributed by atoms with Crippen molar-refractivity contribution in [3.05, 3.63) is 41.3 Å². The number of pyridine rings is 1. The van der Waals surface area contributed by atoms with Crippen molar-refractivity contribution in [2.24, 2.45) is 0 Å². The average Bonchev–Trinajstić information content (AvgIpc) is 2.77. The fraction of sp³-hybridized carbons (Fsp3) is 0.182. The Bertz CT molecular complexity index is 634. The Morgan fingerprint density at radius 3 is 2.58 bits per heavy atom. The van der Waals surface area contributed by atoms with Gasteiger partial charge >= 0.3 is 12.1 Å². The molecule has 100 valence electrons. The molecule has 0 bridgehead atoms. The highest BCUT2D eigenvalue weighted by Crippen LogP contribution is 2.29. The van der Waals surface area contributed by atoms with E-state index < -0.39 is 17.7 Å². The van der Waals surface area contributed by atoms with Gasteiger partial charge in [0.2, 0.25) is 0 Å². The number of halogens is 3. The van der Waals surface area contributed by atoms with Crippen molar-refractivity contribution in [2.75, 3.05) is 0 Å². The van der Waals surface area contributed by atoms with Gasteiger partial charge in [0.05, 0.1) is 11.8 Å². The summed E-state index contributed by atoms with van der Waals surface area (Å²) in [5.74, 6) is -1.44. The maximum Gasteiger partial charge on any atom is 0.419 e. The van der Waals surface area contributed by atoms with Crippen molar-refractivity contribution >= 4 is 5.97 Å². The van der Waals surface area contributed by atoms with E-state index in [4.69, 9.17) is 5.11 Å². The van der Waals surface area contributed by atoms with Crippen LogP contribution in [0.3, 0.4) is 0 Å². The van der Waals surface area contributed by atoms with E-state index in [-0.39, 0.29) is 11.4 Å². The first-order chi connectivity index (χ1) is 8.79. The van der Waals surface area contributed by atoms with Crippen molar-refractivity contribution in [1.29, 1.82) is 0 Å². The summed E-state index contributed by atoms with van der Waals surface area (Å²) < 4.78 is 38.2. The number of nitrogens with zero attached hydrogens (tertiary/aromatic N) is 3. The van der Waals surface area contributed by atoms with Crippen molar-refractivity contribution in [3.8, 4) is 5.82 Å². The molecule has 2 heterocycles. The van der Waals surface area contributed by atoms with Gasteiger partial charge in [-0.15, -0.1) is 0 Å². The molecule has 0 spiro atoms. The third-order valence-electron chi connectivity index (χ3n) is 2.37. The molecule has 0 aliphatic heterocycles. The molecular weight excluding hydrogens is 263 g/mol. The molecule has 19 heavy (non-hydrogen) atoms. The molecule has 2 aromatic heterocycles. The molecule has 2 rings (SSSR count). The minimum Gasteiger partial charge on any atom is -0.478 e. The molecule has 0 aromatic carbocycles. The summed E-state index contributed by atoms with van der Waals surface area (Å²) in [5, 5.41) is 12.5. The van der Waals surface area contributed by atoms with Gasteiger partial charge < -0.3 is 5.11 Å². The van der Waals surface area contributed by atoms with Crippen LogP contribution in [0, 0.1) is 6.92 Å². The number of carboxylic acid groups (broad SMARTS) is 1. The number of hydrogen-bond donors (Lipinski definition) is 1. The average molecular weight is 271 g/mol. The highest BCUT2D eigenvalue weighted by atomic mass is 19.4. The Morgan fingerprint density at radius 2 is 2.05 bits per heavy atom. The van der Waals surface area contributed by atoms with Crippen LogP contribution < -0.4 is 0 Å². The first-order valence-corrected chi connectivity index (χ1v) is 5.12. The molecule has 0 saturated heterocycles. The van der Waals surface area contributed by atoms with Gasteiger partial charge in [-0.25, -0.2) is 14.5 Å². The molecule has 8 heteroatoms. The molecule has 0 aliphatic rings. The summed E-state index contributed by atoms with van der Waals surface area (Å²) >= 11 is 0. The zero-order valence-electron chi connectivity index (χ0n) is 9.64. The zero-order valence-corrected chi connectivity index (χ0v) is 9.64. The molecule has 0 amide bonds. The van der Waals surface area contributed by atoms with Crippen molar-refractivity contribution in [1.82, 2.24) is 14.8 Å². The Balaban J connectivity index is 2.55. The van der Waals surface area contributed by atoms with Crippen LogP contribution >= 0.6 is 0 Å². The number of aryl methyl sites for hydroxylation is 1. The van der Waals surface area contributed by atoms with Crippen LogP contribution in [0.5, 0.6) is 0 Å². The van der Waals surface area contributed by atoms with Gasteiger partial charge in [0.1, 0.15) is 5.56 Å².